The summed E-state index contributed by atoms with van der Waals surface area (Å²) in [7, 11) is 2.03. The minimum atomic E-state index is -1.24. The van der Waals surface area contributed by atoms with E-state index < -0.39 is 17.2 Å². The normalized spacial score (nSPS) is 17.4. The van der Waals surface area contributed by atoms with E-state index in [9.17, 15) is 5.11 Å². The number of aromatic nitrogens is 3. The molecular formula is C26H28F2N4O3. The average Bonchev–Trinajstić information content (AvgIpc) is 3.39. The summed E-state index contributed by atoms with van der Waals surface area (Å²) in [6.45, 7) is 7.22. The highest BCUT2D eigenvalue weighted by molar-refractivity contribution is 5.71. The number of likely N-dealkylation sites (N-methyl/N-ethyl adjacent to an activating group) is 1. The Morgan fingerprint density at radius 2 is 1.91 bits per heavy atom. The maximum Gasteiger partial charge on any atom is 0.226 e. The lowest BCUT2D eigenvalue weighted by Gasteiger charge is -2.30. The topological polar surface area (TPSA) is 76.0 Å². The molecule has 4 heterocycles. The molecule has 1 N–H and O–H groups in total. The second-order valence-electron chi connectivity index (χ2n) is 9.71. The number of oxazole rings is 1. The number of fused-ring (bicyclic) bond motifs is 1. The Morgan fingerprint density at radius 3 is 2.57 bits per heavy atom. The minimum Gasteiger partial charge on any atom is -0.444 e. The highest BCUT2D eigenvalue weighted by atomic mass is 19.1. The molecule has 1 fully saturated rings. The molecule has 0 bridgehead atoms. The lowest BCUT2D eigenvalue weighted by molar-refractivity contribution is -0.0190. The molecule has 0 aliphatic carbocycles. The van der Waals surface area contributed by atoms with Gasteiger partial charge in [0.25, 0.3) is 0 Å². The van der Waals surface area contributed by atoms with Crippen LogP contribution in [0.4, 0.5) is 8.78 Å². The van der Waals surface area contributed by atoms with Gasteiger partial charge in [0.2, 0.25) is 5.89 Å². The van der Waals surface area contributed by atoms with Crippen LogP contribution in [-0.2, 0) is 16.8 Å². The molecule has 0 spiro atoms. The Morgan fingerprint density at radius 1 is 1.17 bits per heavy atom. The predicted octanol–water partition coefficient (Wildman–Crippen LogP) is 4.34. The van der Waals surface area contributed by atoms with Gasteiger partial charge in [0.05, 0.1) is 29.7 Å². The highest BCUT2D eigenvalue weighted by Gasteiger charge is 2.27. The Labute approximate surface area is 202 Å². The van der Waals surface area contributed by atoms with Crippen LogP contribution in [0, 0.1) is 18.6 Å². The summed E-state index contributed by atoms with van der Waals surface area (Å²) in [4.78, 5) is 11.0. The highest BCUT2D eigenvalue weighted by Crippen LogP contribution is 2.34. The van der Waals surface area contributed by atoms with Crippen molar-refractivity contribution in [2.45, 2.75) is 38.9 Å². The van der Waals surface area contributed by atoms with Crippen LogP contribution < -0.4 is 0 Å². The first-order chi connectivity index (χ1) is 16.6. The molecule has 1 unspecified atom stereocenters. The largest absolute Gasteiger partial charge is 0.444 e. The number of halogens is 2. The first-order valence-corrected chi connectivity index (χ1v) is 11.6. The Hall–Kier alpha value is -3.14. The van der Waals surface area contributed by atoms with Crippen LogP contribution in [0.25, 0.3) is 28.4 Å². The van der Waals surface area contributed by atoms with Crippen molar-refractivity contribution >= 4 is 5.65 Å². The van der Waals surface area contributed by atoms with Crippen molar-refractivity contribution in [1.82, 2.24) is 19.3 Å². The van der Waals surface area contributed by atoms with Gasteiger partial charge in [-0.2, -0.15) is 0 Å². The van der Waals surface area contributed by atoms with Crippen molar-refractivity contribution in [2.75, 3.05) is 26.7 Å². The molecule has 184 valence electrons. The summed E-state index contributed by atoms with van der Waals surface area (Å²) in [5, 5.41) is 10.1. The third-order valence-electron chi connectivity index (χ3n) is 6.30. The van der Waals surface area contributed by atoms with Gasteiger partial charge in [0.1, 0.15) is 34.8 Å². The van der Waals surface area contributed by atoms with Crippen LogP contribution in [-0.4, -0.2) is 57.2 Å². The summed E-state index contributed by atoms with van der Waals surface area (Å²) in [5.74, 6) is -1.52. The summed E-state index contributed by atoms with van der Waals surface area (Å²) in [6.07, 6.45) is 3.49. The second kappa shape index (κ2) is 8.82. The van der Waals surface area contributed by atoms with Crippen LogP contribution in [0.1, 0.15) is 30.8 Å². The summed E-state index contributed by atoms with van der Waals surface area (Å²) in [6, 6.07) is 6.19. The van der Waals surface area contributed by atoms with Crippen LogP contribution >= 0.6 is 0 Å². The number of nitrogens with zero attached hydrogens (tertiary/aromatic N) is 4. The number of morpholine rings is 1. The Balaban J connectivity index is 1.59. The van der Waals surface area contributed by atoms with E-state index in [0.717, 1.165) is 18.7 Å². The molecule has 5 rings (SSSR count). The summed E-state index contributed by atoms with van der Waals surface area (Å²) >= 11 is 0. The third kappa shape index (κ3) is 4.59. The zero-order valence-corrected chi connectivity index (χ0v) is 20.2. The van der Waals surface area contributed by atoms with E-state index in [1.165, 1.54) is 18.4 Å². The predicted molar refractivity (Wildman–Crippen MR) is 127 cm³/mol. The number of rotatable bonds is 5. The fourth-order valence-electron chi connectivity index (χ4n) is 4.41. The Kier molecular flexibility index (Phi) is 5.94. The van der Waals surface area contributed by atoms with E-state index in [1.54, 1.807) is 13.8 Å². The molecule has 1 atom stereocenters. The molecule has 3 aromatic heterocycles. The van der Waals surface area contributed by atoms with Gasteiger partial charge >= 0.3 is 0 Å². The van der Waals surface area contributed by atoms with Crippen molar-refractivity contribution < 1.29 is 23.0 Å². The van der Waals surface area contributed by atoms with Gasteiger partial charge in [-0.25, -0.2) is 18.7 Å². The van der Waals surface area contributed by atoms with Crippen LogP contribution in [0.3, 0.4) is 0 Å². The molecular weight excluding hydrogens is 454 g/mol. The molecule has 0 amide bonds. The van der Waals surface area contributed by atoms with Crippen molar-refractivity contribution in [3.8, 4) is 22.7 Å². The summed E-state index contributed by atoms with van der Waals surface area (Å²) < 4.78 is 44.2. The molecule has 35 heavy (non-hydrogen) atoms. The first kappa shape index (κ1) is 23.6. The maximum atomic E-state index is 15.5. The van der Waals surface area contributed by atoms with E-state index in [-0.39, 0.29) is 34.5 Å². The van der Waals surface area contributed by atoms with E-state index in [4.69, 9.17) is 9.15 Å². The minimum absolute atomic E-state index is 0.0240. The van der Waals surface area contributed by atoms with Crippen molar-refractivity contribution in [3.63, 3.8) is 0 Å². The van der Waals surface area contributed by atoms with Gasteiger partial charge in [-0.1, -0.05) is 0 Å². The molecule has 1 aliphatic heterocycles. The lowest BCUT2D eigenvalue weighted by atomic mass is 10.0. The number of imidazole rings is 1. The lowest BCUT2D eigenvalue weighted by Crippen LogP contribution is -2.41. The molecule has 4 aromatic rings. The SMILES string of the molecule is Cc1ccn2c(CC3CN(C)CCO3)c(-c3c(F)cc(-c4nc(C(C)(C)O)co4)cc3F)nc2c1. The van der Waals surface area contributed by atoms with Gasteiger partial charge in [0, 0.05) is 31.3 Å². The van der Waals surface area contributed by atoms with Crippen LogP contribution in [0.15, 0.2) is 41.1 Å². The monoisotopic (exact) mass is 482 g/mol. The first-order valence-electron chi connectivity index (χ1n) is 11.6. The quantitative estimate of drug-likeness (QED) is 0.456. The van der Waals surface area contributed by atoms with Crippen molar-refractivity contribution in [3.05, 3.63) is 65.3 Å². The number of ether oxygens (including phenoxy) is 1. The van der Waals surface area contributed by atoms with E-state index in [0.29, 0.717) is 24.4 Å². The number of aryl methyl sites for hydroxylation is 1. The zero-order valence-electron chi connectivity index (χ0n) is 20.2. The number of hydrogen-bond donors (Lipinski definition) is 1. The molecule has 0 saturated carbocycles. The summed E-state index contributed by atoms with van der Waals surface area (Å²) in [5.41, 5.74) is 1.51. The third-order valence-corrected chi connectivity index (χ3v) is 6.30. The van der Waals surface area contributed by atoms with Gasteiger partial charge < -0.3 is 23.6 Å². The van der Waals surface area contributed by atoms with E-state index in [1.807, 2.05) is 36.7 Å². The zero-order chi connectivity index (χ0) is 24.9. The van der Waals surface area contributed by atoms with Crippen molar-refractivity contribution in [2.24, 2.45) is 0 Å². The second-order valence-corrected chi connectivity index (χ2v) is 9.71. The fraction of sp³-hybridized carbons (Fsp3) is 0.385. The molecule has 1 saturated heterocycles. The number of benzene rings is 1. The molecule has 0 radical (unpaired) electrons. The maximum absolute atomic E-state index is 15.5. The van der Waals surface area contributed by atoms with E-state index in [2.05, 4.69) is 14.9 Å². The van der Waals surface area contributed by atoms with Gasteiger partial charge in [-0.05, 0) is 57.6 Å². The van der Waals surface area contributed by atoms with E-state index >= 15 is 8.78 Å². The van der Waals surface area contributed by atoms with Gasteiger partial charge in [0.15, 0.2) is 0 Å². The fourth-order valence-corrected chi connectivity index (χ4v) is 4.41. The van der Waals surface area contributed by atoms with Crippen LogP contribution in [0.2, 0.25) is 0 Å². The number of aliphatic hydroxyl groups is 1. The van der Waals surface area contributed by atoms with Gasteiger partial charge in [-0.3, -0.25) is 0 Å². The number of pyridine rings is 1. The molecule has 9 heteroatoms. The molecule has 1 aromatic carbocycles. The molecule has 1 aliphatic rings. The average molecular weight is 483 g/mol. The number of hydrogen-bond acceptors (Lipinski definition) is 6. The Bertz CT molecular complexity index is 1370. The molecule has 7 nitrogen and oxygen atoms in total. The smallest absolute Gasteiger partial charge is 0.226 e. The van der Waals surface area contributed by atoms with Crippen LogP contribution in [0.5, 0.6) is 0 Å². The standard InChI is InChI=1S/C26H28F2N4O3/c1-15-5-6-32-20(12-17-13-31(4)7-8-34-17)24(30-22(32)9-15)23-18(27)10-16(11-19(23)28)25-29-21(14-35-25)26(2,3)33/h5-6,9-11,14,17,33H,7-8,12-13H2,1-4H3. The van der Waals surface area contributed by atoms with Crippen molar-refractivity contribution in [1.29, 1.82) is 0 Å². The van der Waals surface area contributed by atoms with Gasteiger partial charge in [-0.15, -0.1) is 0 Å².